The van der Waals surface area contributed by atoms with E-state index in [4.69, 9.17) is 0 Å². The van der Waals surface area contributed by atoms with E-state index >= 15 is 0 Å². The number of fused-ring (bicyclic) bond motifs is 2. The predicted octanol–water partition coefficient (Wildman–Crippen LogP) is 2.80. The van der Waals surface area contributed by atoms with E-state index in [-0.39, 0.29) is 23.6 Å². The minimum absolute atomic E-state index is 0.0966. The number of nitrogens with one attached hydrogen (secondary N) is 1. The van der Waals surface area contributed by atoms with E-state index in [0.29, 0.717) is 27.9 Å². The number of benzene rings is 1. The van der Waals surface area contributed by atoms with Gasteiger partial charge in [-0.05, 0) is 57.5 Å². The van der Waals surface area contributed by atoms with Crippen LogP contribution in [0.3, 0.4) is 0 Å². The van der Waals surface area contributed by atoms with Crippen LogP contribution in [0, 0.1) is 0 Å². The summed E-state index contributed by atoms with van der Waals surface area (Å²) in [5.41, 5.74) is -0.263. The lowest BCUT2D eigenvalue weighted by molar-refractivity contribution is -0.115. The van der Waals surface area contributed by atoms with E-state index in [9.17, 15) is 14.0 Å². The van der Waals surface area contributed by atoms with E-state index in [1.165, 1.54) is 24.7 Å². The average Bonchev–Trinajstić information content (AvgIpc) is 3.16. The molecule has 0 aliphatic carbocycles. The molecule has 9 nitrogen and oxygen atoms in total. The van der Waals surface area contributed by atoms with Crippen molar-refractivity contribution < 1.29 is 9.18 Å². The summed E-state index contributed by atoms with van der Waals surface area (Å²) in [7, 11) is 0. The third kappa shape index (κ3) is 4.00. The molecule has 0 saturated heterocycles. The van der Waals surface area contributed by atoms with Gasteiger partial charge in [0.1, 0.15) is 17.7 Å². The van der Waals surface area contributed by atoms with Crippen molar-refractivity contribution in [3.63, 3.8) is 0 Å². The molecule has 0 radical (unpaired) electrons. The quantitative estimate of drug-likeness (QED) is 0.529. The van der Waals surface area contributed by atoms with Crippen molar-refractivity contribution in [1.82, 2.24) is 29.6 Å². The molecule has 0 aliphatic rings. The van der Waals surface area contributed by atoms with Gasteiger partial charge in [-0.2, -0.15) is 9.61 Å². The molecule has 1 amide bonds. The molecule has 0 fully saturated rings. The second-order valence-electron chi connectivity index (χ2n) is 8.10. The summed E-state index contributed by atoms with van der Waals surface area (Å²) in [6.07, 6.45) is 1.20. The first-order chi connectivity index (χ1) is 14.6. The van der Waals surface area contributed by atoms with Crippen LogP contribution in [-0.2, 0) is 16.9 Å². The molecule has 3 aromatic heterocycles. The summed E-state index contributed by atoms with van der Waals surface area (Å²) < 4.78 is 17.5. The molecule has 0 unspecified atom stereocenters. The van der Waals surface area contributed by atoms with Crippen molar-refractivity contribution in [3.8, 4) is 0 Å². The van der Waals surface area contributed by atoms with Crippen molar-refractivity contribution in [3.05, 3.63) is 58.1 Å². The molecule has 4 rings (SSSR count). The Balaban J connectivity index is 1.68. The first-order valence-electron chi connectivity index (χ1n) is 9.85. The molecule has 4 aromatic rings. The summed E-state index contributed by atoms with van der Waals surface area (Å²) in [5.74, 6) is -0.127. The smallest absolute Gasteiger partial charge is 0.231 e. The van der Waals surface area contributed by atoms with Crippen molar-refractivity contribution in [2.24, 2.45) is 0 Å². The largest absolute Gasteiger partial charge is 0.309 e. The molecular weight excluding hydrogens is 401 g/mol. The number of amides is 1. The number of carbonyl (C=O) groups excluding carboxylic acids is 1. The maximum atomic E-state index is 14.4. The normalized spacial score (nSPS) is 12.1. The van der Waals surface area contributed by atoms with Gasteiger partial charge in [0.05, 0.1) is 11.9 Å². The summed E-state index contributed by atoms with van der Waals surface area (Å²) in [4.78, 5) is 25.6. The summed E-state index contributed by atoms with van der Waals surface area (Å²) in [6, 6.07) is 8.00. The van der Waals surface area contributed by atoms with E-state index < -0.39 is 11.6 Å². The minimum atomic E-state index is -1.55. The number of hydrogen-bond donors (Lipinski definition) is 1. The molecule has 10 heteroatoms. The zero-order chi connectivity index (χ0) is 22.3. The van der Waals surface area contributed by atoms with Gasteiger partial charge in [-0.15, -0.1) is 15.3 Å². The van der Waals surface area contributed by atoms with Crippen molar-refractivity contribution in [2.45, 2.75) is 45.8 Å². The summed E-state index contributed by atoms with van der Waals surface area (Å²) in [6.45, 7) is 6.74. The molecule has 3 heterocycles. The van der Waals surface area contributed by atoms with Crippen LogP contribution >= 0.6 is 0 Å². The number of anilines is 1. The van der Waals surface area contributed by atoms with Crippen LogP contribution < -0.4 is 10.7 Å². The Hall–Kier alpha value is -3.69. The second kappa shape index (κ2) is 7.53. The number of carbonyl (C=O) groups is 1. The van der Waals surface area contributed by atoms with Gasteiger partial charge in [-0.25, -0.2) is 4.39 Å². The maximum absolute atomic E-state index is 14.4. The lowest BCUT2D eigenvalue weighted by Gasteiger charge is -2.19. The van der Waals surface area contributed by atoms with E-state index in [1.807, 2.05) is 13.8 Å². The molecule has 31 heavy (non-hydrogen) atoms. The van der Waals surface area contributed by atoms with Gasteiger partial charge in [-0.3, -0.25) is 14.3 Å². The fourth-order valence-electron chi connectivity index (χ4n) is 3.31. The number of nitrogens with zero attached hydrogens (tertiary/aromatic N) is 6. The fraction of sp³-hybridized carbons (Fsp3) is 0.333. The number of halogens is 1. The van der Waals surface area contributed by atoms with Crippen LogP contribution in [0.15, 0.2) is 41.5 Å². The number of aromatic nitrogens is 6. The van der Waals surface area contributed by atoms with Crippen LogP contribution in [0.5, 0.6) is 0 Å². The zero-order valence-electron chi connectivity index (χ0n) is 17.6. The van der Waals surface area contributed by atoms with Crippen LogP contribution in [0.2, 0.25) is 0 Å². The van der Waals surface area contributed by atoms with Crippen LogP contribution in [0.1, 0.15) is 45.0 Å². The first kappa shape index (κ1) is 20.6. The second-order valence-corrected chi connectivity index (χ2v) is 8.10. The Morgan fingerprint density at radius 2 is 1.97 bits per heavy atom. The summed E-state index contributed by atoms with van der Waals surface area (Å²) in [5, 5.41) is 19.3. The highest BCUT2D eigenvalue weighted by molar-refractivity contribution is 5.91. The third-order valence-corrected chi connectivity index (χ3v) is 4.91. The van der Waals surface area contributed by atoms with Crippen molar-refractivity contribution in [2.75, 3.05) is 5.32 Å². The van der Waals surface area contributed by atoms with E-state index in [2.05, 4.69) is 25.7 Å². The molecule has 0 bridgehead atoms. The number of alkyl halides is 1. The van der Waals surface area contributed by atoms with E-state index in [1.54, 1.807) is 35.0 Å². The zero-order valence-corrected chi connectivity index (χ0v) is 17.6. The Bertz CT molecular complexity index is 1350. The Labute approximate surface area is 176 Å². The summed E-state index contributed by atoms with van der Waals surface area (Å²) >= 11 is 0. The van der Waals surface area contributed by atoms with Gasteiger partial charge < -0.3 is 5.32 Å². The predicted molar refractivity (Wildman–Crippen MR) is 114 cm³/mol. The first-order valence-corrected chi connectivity index (χ1v) is 9.85. The highest BCUT2D eigenvalue weighted by atomic mass is 19.1. The number of hydrogen-bond acceptors (Lipinski definition) is 6. The molecule has 160 valence electrons. The van der Waals surface area contributed by atoms with Gasteiger partial charge in [0.25, 0.3) is 0 Å². The minimum Gasteiger partial charge on any atom is -0.309 e. The van der Waals surface area contributed by atoms with E-state index in [0.717, 1.165) is 0 Å². The van der Waals surface area contributed by atoms with Crippen LogP contribution in [0.25, 0.3) is 16.6 Å². The van der Waals surface area contributed by atoms with Gasteiger partial charge in [0, 0.05) is 11.4 Å². The highest BCUT2D eigenvalue weighted by Gasteiger charge is 2.22. The Morgan fingerprint density at radius 3 is 2.68 bits per heavy atom. The Morgan fingerprint density at radius 1 is 1.19 bits per heavy atom. The van der Waals surface area contributed by atoms with Gasteiger partial charge in [0.15, 0.2) is 11.5 Å². The molecule has 1 aromatic carbocycles. The molecular formula is C21H22FN7O2. The SMILES string of the molecule is CC(C)n1nc(CC(=O)Nc2ccc3nncn3n2)c(=O)c2ccc(C(C)(C)F)cc21. The lowest BCUT2D eigenvalue weighted by Crippen LogP contribution is -2.26. The maximum Gasteiger partial charge on any atom is 0.231 e. The van der Waals surface area contributed by atoms with Crippen molar-refractivity contribution in [1.29, 1.82) is 0 Å². The highest BCUT2D eigenvalue weighted by Crippen LogP contribution is 2.27. The van der Waals surface area contributed by atoms with Crippen molar-refractivity contribution >= 4 is 28.3 Å². The van der Waals surface area contributed by atoms with Crippen LogP contribution in [0.4, 0.5) is 10.2 Å². The van der Waals surface area contributed by atoms with Gasteiger partial charge >= 0.3 is 0 Å². The Kier molecular flexibility index (Phi) is 5.00. The molecule has 1 N–H and O–H groups in total. The van der Waals surface area contributed by atoms with Gasteiger partial charge in [0.2, 0.25) is 11.3 Å². The topological polar surface area (TPSA) is 107 Å². The fourth-order valence-corrected chi connectivity index (χ4v) is 3.31. The molecule has 0 atom stereocenters. The molecule has 0 spiro atoms. The molecule has 0 saturated carbocycles. The average molecular weight is 423 g/mol. The third-order valence-electron chi connectivity index (χ3n) is 4.91. The number of rotatable bonds is 5. The van der Waals surface area contributed by atoms with Gasteiger partial charge in [-0.1, -0.05) is 6.07 Å². The van der Waals surface area contributed by atoms with Crippen LogP contribution in [-0.4, -0.2) is 35.5 Å². The standard InChI is InChI=1S/C21H22FN7O2/c1-12(2)29-16-9-13(21(3,4)22)5-6-14(16)20(31)15(26-29)10-19(30)24-17-7-8-18-25-23-11-28(18)27-17/h5-9,11-12H,10H2,1-4H3,(H,24,27,30). The monoisotopic (exact) mass is 423 g/mol. The lowest BCUT2D eigenvalue weighted by atomic mass is 9.98. The molecule has 0 aliphatic heterocycles.